The summed E-state index contributed by atoms with van der Waals surface area (Å²) in [5.74, 6) is -0.224. The zero-order valence-electron chi connectivity index (χ0n) is 14.3. The minimum atomic E-state index is -3.75. The van der Waals surface area contributed by atoms with Crippen molar-refractivity contribution in [3.8, 4) is 10.6 Å². The van der Waals surface area contributed by atoms with Gasteiger partial charge >= 0.3 is 0 Å². The molecule has 0 aliphatic rings. The lowest BCUT2D eigenvalue weighted by molar-refractivity contribution is 0.0963. The van der Waals surface area contributed by atoms with Crippen LogP contribution in [-0.4, -0.2) is 26.4 Å². The maximum atomic E-state index is 12.5. The number of carbonyl (C=O) groups is 1. The Labute approximate surface area is 169 Å². The smallest absolute Gasteiger partial charge is 0.259 e. The topological polar surface area (TPSA) is 88.2 Å². The fourth-order valence-corrected chi connectivity index (χ4v) is 4.70. The monoisotopic (exact) mass is 465 g/mol. The Hall–Kier alpha value is -2.07. The predicted octanol–water partition coefficient (Wildman–Crippen LogP) is 3.41. The lowest BCUT2D eigenvalue weighted by Crippen LogP contribution is -2.24. The van der Waals surface area contributed by atoms with Crippen LogP contribution in [0, 0.1) is 0 Å². The number of aromatic nitrogens is 1. The summed E-state index contributed by atoms with van der Waals surface area (Å²) in [5.41, 5.74) is 2.01. The number of amides is 1. The maximum absolute atomic E-state index is 12.5. The molecule has 1 aromatic heterocycles. The van der Waals surface area contributed by atoms with Crippen LogP contribution >= 0.6 is 27.3 Å². The Morgan fingerprint density at radius 3 is 2.63 bits per heavy atom. The average molecular weight is 466 g/mol. The lowest BCUT2D eigenvalue weighted by atomic mass is 10.1. The van der Waals surface area contributed by atoms with E-state index in [0.717, 1.165) is 10.0 Å². The van der Waals surface area contributed by atoms with Crippen molar-refractivity contribution < 1.29 is 13.2 Å². The second kappa shape index (κ2) is 8.30. The Balaban J connectivity index is 1.74. The second-order valence-corrected chi connectivity index (χ2v) is 9.09. The summed E-state index contributed by atoms with van der Waals surface area (Å²) in [7, 11) is -2.21. The van der Waals surface area contributed by atoms with Gasteiger partial charge in [-0.3, -0.25) is 4.79 Å². The molecule has 0 radical (unpaired) electrons. The second-order valence-electron chi connectivity index (χ2n) is 5.60. The van der Waals surface area contributed by atoms with E-state index < -0.39 is 10.0 Å². The largest absolute Gasteiger partial charge is 0.355 e. The van der Waals surface area contributed by atoms with Crippen LogP contribution in [0.2, 0.25) is 0 Å². The van der Waals surface area contributed by atoms with Crippen molar-refractivity contribution in [1.82, 2.24) is 15.0 Å². The number of benzene rings is 2. The number of carbonyl (C=O) groups excluding carboxylic acids is 1. The average Bonchev–Trinajstić information content (AvgIpc) is 3.18. The van der Waals surface area contributed by atoms with Gasteiger partial charge in [0.1, 0.15) is 5.01 Å². The minimum Gasteiger partial charge on any atom is -0.355 e. The van der Waals surface area contributed by atoms with Crippen LogP contribution in [0.25, 0.3) is 10.6 Å². The number of thiazole rings is 1. The first-order chi connectivity index (χ1) is 12.9. The number of nitrogens with zero attached hydrogens (tertiary/aromatic N) is 1. The lowest BCUT2D eigenvalue weighted by Gasteiger charge is -2.06. The standard InChI is InChI=1S/C18H16BrN3O3S2/c1-20-17(23)14-4-2-3-12(9-14)10-21-27(24,25)16-11-26-18(22-16)13-5-7-15(19)8-6-13/h2-9,11,21H,10H2,1H3,(H,20,23). The summed E-state index contributed by atoms with van der Waals surface area (Å²) in [4.78, 5) is 15.9. The van der Waals surface area contributed by atoms with Gasteiger partial charge in [0.15, 0.2) is 5.03 Å². The third-order valence-electron chi connectivity index (χ3n) is 3.73. The van der Waals surface area contributed by atoms with Gasteiger partial charge in [-0.05, 0) is 29.8 Å². The molecule has 3 aromatic rings. The highest BCUT2D eigenvalue weighted by Crippen LogP contribution is 2.26. The molecule has 1 amide bonds. The van der Waals surface area contributed by atoms with Crippen molar-refractivity contribution in [1.29, 1.82) is 0 Å². The molecule has 6 nitrogen and oxygen atoms in total. The van der Waals surface area contributed by atoms with Gasteiger partial charge < -0.3 is 5.32 Å². The SMILES string of the molecule is CNC(=O)c1cccc(CNS(=O)(=O)c2csc(-c3ccc(Br)cc3)n2)c1. The first-order valence-corrected chi connectivity index (χ1v) is 11.1. The van der Waals surface area contributed by atoms with Crippen LogP contribution in [0.3, 0.4) is 0 Å². The summed E-state index contributed by atoms with van der Waals surface area (Å²) in [6, 6.07) is 14.3. The number of sulfonamides is 1. The predicted molar refractivity (Wildman–Crippen MR) is 109 cm³/mol. The van der Waals surface area contributed by atoms with Crippen LogP contribution in [0.15, 0.2) is 63.4 Å². The number of hydrogen-bond acceptors (Lipinski definition) is 5. The highest BCUT2D eigenvalue weighted by atomic mass is 79.9. The van der Waals surface area contributed by atoms with Gasteiger partial charge in [-0.1, -0.05) is 40.2 Å². The van der Waals surface area contributed by atoms with Gasteiger partial charge in [0, 0.05) is 34.6 Å². The molecule has 27 heavy (non-hydrogen) atoms. The van der Waals surface area contributed by atoms with Gasteiger partial charge in [0.2, 0.25) is 0 Å². The molecule has 9 heteroatoms. The first-order valence-electron chi connectivity index (χ1n) is 7.91. The molecule has 0 fully saturated rings. The molecule has 0 saturated heterocycles. The van der Waals surface area contributed by atoms with E-state index in [1.54, 1.807) is 31.3 Å². The number of halogens is 1. The highest BCUT2D eigenvalue weighted by molar-refractivity contribution is 9.10. The molecule has 0 bridgehead atoms. The summed E-state index contributed by atoms with van der Waals surface area (Å²) in [6.07, 6.45) is 0. The Morgan fingerprint density at radius 1 is 1.19 bits per heavy atom. The van der Waals surface area contributed by atoms with Crippen molar-refractivity contribution in [2.24, 2.45) is 0 Å². The van der Waals surface area contributed by atoms with Gasteiger partial charge in [-0.15, -0.1) is 11.3 Å². The fourth-order valence-electron chi connectivity index (χ4n) is 2.33. The number of rotatable bonds is 6. The zero-order chi connectivity index (χ0) is 19.4. The molecule has 140 valence electrons. The summed E-state index contributed by atoms with van der Waals surface area (Å²) in [5, 5.41) is 4.66. The molecular weight excluding hydrogens is 450 g/mol. The van der Waals surface area contributed by atoms with Gasteiger partial charge in [0.25, 0.3) is 15.9 Å². The van der Waals surface area contributed by atoms with E-state index in [1.165, 1.54) is 16.7 Å². The van der Waals surface area contributed by atoms with E-state index >= 15 is 0 Å². The van der Waals surface area contributed by atoms with Crippen LogP contribution < -0.4 is 10.0 Å². The third kappa shape index (κ3) is 4.81. The molecule has 0 aliphatic heterocycles. The summed E-state index contributed by atoms with van der Waals surface area (Å²) >= 11 is 4.64. The molecule has 0 unspecified atom stereocenters. The molecule has 0 spiro atoms. The summed E-state index contributed by atoms with van der Waals surface area (Å²) in [6.45, 7) is 0.0678. The zero-order valence-corrected chi connectivity index (χ0v) is 17.5. The Bertz CT molecular complexity index is 1060. The van der Waals surface area contributed by atoms with Crippen LogP contribution in [0.4, 0.5) is 0 Å². The van der Waals surface area contributed by atoms with Gasteiger partial charge in [-0.25, -0.2) is 18.1 Å². The molecule has 0 atom stereocenters. The van der Waals surface area contributed by atoms with E-state index in [-0.39, 0.29) is 17.5 Å². The fraction of sp³-hybridized carbons (Fsp3) is 0.111. The maximum Gasteiger partial charge on any atom is 0.259 e. The van der Waals surface area contributed by atoms with Crippen molar-refractivity contribution in [3.05, 3.63) is 69.5 Å². The minimum absolute atomic E-state index is 0.0205. The van der Waals surface area contributed by atoms with Gasteiger partial charge in [-0.2, -0.15) is 0 Å². The third-order valence-corrected chi connectivity index (χ3v) is 6.59. The molecule has 2 N–H and O–H groups in total. The molecule has 2 aromatic carbocycles. The van der Waals surface area contributed by atoms with E-state index in [1.807, 2.05) is 24.3 Å². The van der Waals surface area contributed by atoms with Crippen LogP contribution in [0.1, 0.15) is 15.9 Å². The molecule has 0 aliphatic carbocycles. The van der Waals surface area contributed by atoms with Crippen LogP contribution in [-0.2, 0) is 16.6 Å². The van der Waals surface area contributed by atoms with Crippen molar-refractivity contribution in [2.75, 3.05) is 7.05 Å². The van der Waals surface area contributed by atoms with E-state index in [4.69, 9.17) is 0 Å². The van der Waals surface area contributed by atoms with Gasteiger partial charge in [0.05, 0.1) is 0 Å². The number of nitrogens with one attached hydrogen (secondary N) is 2. The van der Waals surface area contributed by atoms with Crippen molar-refractivity contribution in [2.45, 2.75) is 11.6 Å². The first kappa shape index (κ1) is 19.7. The quantitative estimate of drug-likeness (QED) is 0.583. The van der Waals surface area contributed by atoms with Crippen LogP contribution in [0.5, 0.6) is 0 Å². The molecule has 3 rings (SSSR count). The Kier molecular flexibility index (Phi) is 6.05. The molecule has 0 saturated carbocycles. The molecular formula is C18H16BrN3O3S2. The van der Waals surface area contributed by atoms with E-state index in [0.29, 0.717) is 16.1 Å². The Morgan fingerprint density at radius 2 is 1.93 bits per heavy atom. The van der Waals surface area contributed by atoms with Crippen molar-refractivity contribution in [3.63, 3.8) is 0 Å². The van der Waals surface area contributed by atoms with E-state index in [9.17, 15) is 13.2 Å². The molecule has 1 heterocycles. The van der Waals surface area contributed by atoms with Crippen molar-refractivity contribution >= 4 is 43.2 Å². The normalized spacial score (nSPS) is 11.3. The number of hydrogen-bond donors (Lipinski definition) is 2. The van der Waals surface area contributed by atoms with E-state index in [2.05, 4.69) is 31.0 Å². The highest BCUT2D eigenvalue weighted by Gasteiger charge is 2.18. The summed E-state index contributed by atoms with van der Waals surface area (Å²) < 4.78 is 28.5.